The molecule has 3 heterocycles. The van der Waals surface area contributed by atoms with Crippen LogP contribution in [0.3, 0.4) is 0 Å². The van der Waals surface area contributed by atoms with Crippen molar-refractivity contribution in [3.63, 3.8) is 0 Å². The molecule has 0 spiro atoms. The summed E-state index contributed by atoms with van der Waals surface area (Å²) in [5, 5.41) is 0. The molecule has 5 atom stereocenters. The van der Waals surface area contributed by atoms with Crippen LogP contribution in [-0.4, -0.2) is 51.0 Å². The first kappa shape index (κ1) is 23.2. The Labute approximate surface area is 180 Å². The lowest BCUT2D eigenvalue weighted by Gasteiger charge is -2.27. The van der Waals surface area contributed by atoms with Gasteiger partial charge in [-0.1, -0.05) is 26.1 Å². The van der Waals surface area contributed by atoms with E-state index in [0.717, 1.165) is 0 Å². The Balaban J connectivity index is 1.99. The lowest BCUT2D eigenvalue weighted by Crippen LogP contribution is -2.35. The number of nitrogens with zero attached hydrogens (tertiary/aromatic N) is 4. The Morgan fingerprint density at radius 2 is 1.97 bits per heavy atom. The number of fused-ring (bicyclic) bond motifs is 1. The second-order valence-electron chi connectivity index (χ2n) is 7.88. The van der Waals surface area contributed by atoms with Crippen molar-refractivity contribution < 1.29 is 23.1 Å². The summed E-state index contributed by atoms with van der Waals surface area (Å²) < 4.78 is 37.7. The zero-order valence-corrected chi connectivity index (χ0v) is 19.4. The minimum absolute atomic E-state index is 0.0189. The molecule has 1 unspecified atom stereocenters. The van der Waals surface area contributed by atoms with Crippen molar-refractivity contribution in [1.82, 2.24) is 19.5 Å². The molecule has 0 aromatic carbocycles. The summed E-state index contributed by atoms with van der Waals surface area (Å²) in [5.74, 6) is 0.473. The maximum atomic E-state index is 12.8. The highest BCUT2D eigenvalue weighted by molar-refractivity contribution is 8.44. The van der Waals surface area contributed by atoms with Gasteiger partial charge in [0.2, 0.25) is 5.95 Å². The summed E-state index contributed by atoms with van der Waals surface area (Å²) in [5.41, 5.74) is 12.5. The van der Waals surface area contributed by atoms with E-state index in [-0.39, 0.29) is 23.8 Å². The van der Waals surface area contributed by atoms with E-state index in [1.54, 1.807) is 18.4 Å². The fourth-order valence-corrected chi connectivity index (χ4v) is 5.59. The van der Waals surface area contributed by atoms with Crippen LogP contribution >= 0.6 is 19.0 Å². The van der Waals surface area contributed by atoms with Crippen molar-refractivity contribution in [3.8, 4) is 0 Å². The van der Waals surface area contributed by atoms with Crippen LogP contribution in [-0.2, 0) is 23.1 Å². The van der Waals surface area contributed by atoms with E-state index in [1.165, 1.54) is 13.4 Å². The molecule has 1 aliphatic rings. The van der Waals surface area contributed by atoms with Crippen LogP contribution in [0.25, 0.3) is 11.2 Å². The first-order valence-electron chi connectivity index (χ1n) is 9.65. The lowest BCUT2D eigenvalue weighted by atomic mass is 10.0. The molecule has 11 nitrogen and oxygen atoms in total. The number of aromatic nitrogens is 4. The maximum absolute atomic E-state index is 12.8. The molecule has 0 aliphatic carbocycles. The molecular weight excluding hydrogens is 431 g/mol. The van der Waals surface area contributed by atoms with Crippen molar-refractivity contribution in [2.24, 2.45) is 5.92 Å². The Hall–Kier alpha value is -1.43. The zero-order chi connectivity index (χ0) is 22.2. The number of methoxy groups -OCH3 is 1. The van der Waals surface area contributed by atoms with Gasteiger partial charge in [0.05, 0.1) is 18.5 Å². The van der Waals surface area contributed by atoms with E-state index in [0.29, 0.717) is 17.6 Å². The molecule has 3 rings (SSSR count). The molecule has 4 N–H and O–H groups in total. The molecule has 1 saturated heterocycles. The molecule has 2 aromatic heterocycles. The topological polar surface area (TPSA) is 150 Å². The van der Waals surface area contributed by atoms with Gasteiger partial charge in [-0.15, -0.1) is 0 Å². The van der Waals surface area contributed by atoms with Gasteiger partial charge < -0.3 is 20.9 Å². The van der Waals surface area contributed by atoms with Crippen LogP contribution in [0.2, 0.25) is 0 Å². The van der Waals surface area contributed by atoms with E-state index >= 15 is 0 Å². The van der Waals surface area contributed by atoms with Gasteiger partial charge in [0, 0.05) is 7.11 Å². The van der Waals surface area contributed by atoms with E-state index in [4.69, 9.17) is 30.0 Å². The molecular formula is C17H29N6O5PS. The number of rotatable bonds is 8. The van der Waals surface area contributed by atoms with Gasteiger partial charge in [0.1, 0.15) is 17.7 Å². The maximum Gasteiger partial charge on any atom is 0.386 e. The Bertz CT molecular complexity index is 941. The molecule has 0 bridgehead atoms. The SMILES string of the molecule is CO[C@H]1[C@@H](OP(=O)(S)OC(C)C)[C@@H](CC(C)C)O[C@H]1n1cnc2c(N)nc(N)nc21. The van der Waals surface area contributed by atoms with Crippen LogP contribution in [0, 0.1) is 5.92 Å². The molecule has 1 aliphatic heterocycles. The zero-order valence-electron chi connectivity index (χ0n) is 17.6. The highest BCUT2D eigenvalue weighted by Crippen LogP contribution is 2.57. The highest BCUT2D eigenvalue weighted by atomic mass is 32.7. The van der Waals surface area contributed by atoms with Crippen LogP contribution in [0.4, 0.5) is 11.8 Å². The van der Waals surface area contributed by atoms with Crippen LogP contribution in [0.1, 0.15) is 40.3 Å². The predicted octanol–water partition coefficient (Wildman–Crippen LogP) is 2.80. The minimum Gasteiger partial charge on any atom is -0.382 e. The van der Waals surface area contributed by atoms with Crippen LogP contribution in [0.5, 0.6) is 0 Å². The van der Waals surface area contributed by atoms with E-state index < -0.39 is 31.3 Å². The highest BCUT2D eigenvalue weighted by Gasteiger charge is 2.50. The Morgan fingerprint density at radius 3 is 2.57 bits per heavy atom. The fraction of sp³-hybridized carbons (Fsp3) is 0.706. The van der Waals surface area contributed by atoms with Crippen LogP contribution in [0.15, 0.2) is 6.33 Å². The number of imidazole rings is 1. The molecule has 0 saturated carbocycles. The number of ether oxygens (including phenoxy) is 2. The molecule has 0 amide bonds. The predicted molar refractivity (Wildman–Crippen MR) is 116 cm³/mol. The monoisotopic (exact) mass is 460 g/mol. The molecule has 30 heavy (non-hydrogen) atoms. The fourth-order valence-electron chi connectivity index (χ4n) is 3.55. The number of thiol groups is 1. The van der Waals surface area contributed by atoms with Gasteiger partial charge in [-0.25, -0.2) is 9.55 Å². The average molecular weight is 460 g/mol. The summed E-state index contributed by atoms with van der Waals surface area (Å²) in [6, 6.07) is 0. The third-order valence-corrected chi connectivity index (χ3v) is 6.36. The van der Waals surface area contributed by atoms with Crippen molar-refractivity contribution in [2.45, 2.75) is 64.8 Å². The number of anilines is 2. The number of nitrogen functional groups attached to an aromatic ring is 2. The molecule has 1 fully saturated rings. The van der Waals surface area contributed by atoms with Gasteiger partial charge in [0.25, 0.3) is 0 Å². The minimum atomic E-state index is -3.65. The number of hydrogen-bond acceptors (Lipinski definition) is 10. The van der Waals surface area contributed by atoms with Gasteiger partial charge in [-0.3, -0.25) is 13.6 Å². The largest absolute Gasteiger partial charge is 0.386 e. The third-order valence-electron chi connectivity index (χ3n) is 4.60. The summed E-state index contributed by atoms with van der Waals surface area (Å²) in [4.78, 5) is 12.5. The van der Waals surface area contributed by atoms with Gasteiger partial charge in [-0.2, -0.15) is 9.97 Å². The van der Waals surface area contributed by atoms with Crippen molar-refractivity contribution in [1.29, 1.82) is 0 Å². The van der Waals surface area contributed by atoms with Gasteiger partial charge in [-0.05, 0) is 26.2 Å². The number of hydrogen-bond donors (Lipinski definition) is 3. The second kappa shape index (κ2) is 8.97. The standard InChI is InChI=1S/C17H29N6O5PS/c1-8(2)6-10-12(28-29(24,30)27-9(3)4)13(25-5)16(26-10)23-7-20-11-14(18)21-17(19)22-15(11)23/h7-10,12-13,16H,6H2,1-5H3,(H,24,30)(H4,18,19,21,22)/t10-,12+,13+,16-,29?/m1/s1. The average Bonchev–Trinajstić information content (AvgIpc) is 3.14. The van der Waals surface area contributed by atoms with Gasteiger partial charge in [0.15, 0.2) is 17.7 Å². The first-order valence-corrected chi connectivity index (χ1v) is 12.3. The van der Waals surface area contributed by atoms with E-state index in [2.05, 4.69) is 41.0 Å². The quantitative estimate of drug-likeness (QED) is 0.396. The smallest absolute Gasteiger partial charge is 0.382 e. The normalized spacial score (nSPS) is 26.7. The second-order valence-corrected chi connectivity index (χ2v) is 10.7. The molecule has 13 heteroatoms. The summed E-state index contributed by atoms with van der Waals surface area (Å²) in [6.07, 6.45) is -0.581. The molecule has 168 valence electrons. The first-order chi connectivity index (χ1) is 14.0. The van der Waals surface area contributed by atoms with Crippen molar-refractivity contribution in [3.05, 3.63) is 6.33 Å². The number of nitrogens with two attached hydrogens (primary N) is 2. The van der Waals surface area contributed by atoms with E-state index in [9.17, 15) is 4.57 Å². The Morgan fingerprint density at radius 1 is 1.27 bits per heavy atom. The van der Waals surface area contributed by atoms with Crippen LogP contribution < -0.4 is 11.5 Å². The van der Waals surface area contributed by atoms with Crippen molar-refractivity contribution in [2.75, 3.05) is 18.6 Å². The molecule has 0 radical (unpaired) electrons. The summed E-state index contributed by atoms with van der Waals surface area (Å²) in [6.45, 7) is 3.97. The molecule has 2 aromatic rings. The third kappa shape index (κ3) is 4.90. The lowest BCUT2D eigenvalue weighted by molar-refractivity contribution is -0.0518. The van der Waals surface area contributed by atoms with Crippen molar-refractivity contribution >= 4 is 42.0 Å². The van der Waals surface area contributed by atoms with Gasteiger partial charge >= 0.3 is 6.80 Å². The Kier molecular flexibility index (Phi) is 6.95. The summed E-state index contributed by atoms with van der Waals surface area (Å²) >= 11 is 4.13. The summed E-state index contributed by atoms with van der Waals surface area (Å²) in [7, 11) is 1.53. The van der Waals surface area contributed by atoms with E-state index in [1.807, 2.05) is 0 Å².